The van der Waals surface area contributed by atoms with Crippen LogP contribution in [0, 0.1) is 0 Å². The van der Waals surface area contributed by atoms with Gasteiger partial charge in [0, 0.05) is 17.7 Å². The minimum atomic E-state index is -0.285. The summed E-state index contributed by atoms with van der Waals surface area (Å²) in [4.78, 5) is 15.1. The van der Waals surface area contributed by atoms with Gasteiger partial charge in [0.25, 0.3) is 0 Å². The molecule has 3 aliphatic heterocycles. The summed E-state index contributed by atoms with van der Waals surface area (Å²) in [5, 5.41) is 6.14. The van der Waals surface area contributed by atoms with Crippen LogP contribution in [0.25, 0.3) is 5.70 Å². The number of fused-ring (bicyclic) bond motifs is 2. The minimum absolute atomic E-state index is 0.0400. The van der Waals surface area contributed by atoms with Crippen molar-refractivity contribution in [2.24, 2.45) is 16.5 Å². The summed E-state index contributed by atoms with van der Waals surface area (Å²) >= 11 is 0. The molecule has 0 bridgehead atoms. The van der Waals surface area contributed by atoms with Crippen LogP contribution >= 0.6 is 0 Å². The molecule has 2 aromatic rings. The van der Waals surface area contributed by atoms with Gasteiger partial charge in [-0.3, -0.25) is 10.1 Å². The first-order chi connectivity index (χ1) is 20.5. The average Bonchev–Trinajstić information content (AvgIpc) is 2.96. The van der Waals surface area contributed by atoms with E-state index in [0.717, 1.165) is 67.8 Å². The molecule has 0 fully saturated rings. The number of rotatable bonds is 10. The molecule has 6 N–H and O–H groups in total. The fraction of sp³-hybridized carbons (Fsp3) is 0.543. The van der Waals surface area contributed by atoms with Crippen molar-refractivity contribution in [2.45, 2.75) is 115 Å². The van der Waals surface area contributed by atoms with Gasteiger partial charge in [0.2, 0.25) is 5.91 Å². The van der Waals surface area contributed by atoms with E-state index in [-0.39, 0.29) is 29.0 Å². The van der Waals surface area contributed by atoms with Crippen molar-refractivity contribution in [2.75, 3.05) is 6.54 Å². The number of hydrogen-bond acceptors (Lipinski definition) is 7. The molecule has 8 heteroatoms. The largest absolute Gasteiger partial charge is 0.490 e. The molecule has 3 atom stereocenters. The predicted octanol–water partition coefficient (Wildman–Crippen LogP) is 6.14. The van der Waals surface area contributed by atoms with E-state index in [1.54, 1.807) is 0 Å². The van der Waals surface area contributed by atoms with Crippen LogP contribution in [0.1, 0.15) is 108 Å². The van der Waals surface area contributed by atoms with Crippen LogP contribution in [0.15, 0.2) is 54.0 Å². The maximum absolute atomic E-state index is 11.0. The lowest BCUT2D eigenvalue weighted by molar-refractivity contribution is -0.121. The van der Waals surface area contributed by atoms with E-state index in [1.807, 2.05) is 19.9 Å². The van der Waals surface area contributed by atoms with E-state index >= 15 is 0 Å². The molecule has 3 aliphatic rings. The summed E-state index contributed by atoms with van der Waals surface area (Å²) in [6.07, 6.45) is 10.6. The topological polar surface area (TPSA) is 124 Å². The standard InChI is InChI=1S/C28H38N2O2.C7H13N3O/c1-20(30-25-19-28(2,3)32-27-12-8-7-11-24(25)27)21-14-16-26-22(18-21)13-15-23(31-26)10-6-4-5-9-17-29;1-3-7(2)4-5(11)9-6(8)10-7/h7-8,11-12,14,16,18,23,25,30H,1,4-6,9-10,13,15,17,19,29H2,2-3H3;3-4H2,1-2H3,(H3,8,9,10,11). The third-order valence-corrected chi connectivity index (χ3v) is 8.60. The Labute approximate surface area is 257 Å². The number of hydrogen-bond donors (Lipinski definition) is 4. The predicted molar refractivity (Wildman–Crippen MR) is 175 cm³/mol. The first kappa shape index (κ1) is 32.4. The lowest BCUT2D eigenvalue weighted by Gasteiger charge is -2.38. The van der Waals surface area contributed by atoms with Gasteiger partial charge in [0.1, 0.15) is 17.1 Å². The van der Waals surface area contributed by atoms with E-state index in [4.69, 9.17) is 20.9 Å². The molecule has 0 spiro atoms. The van der Waals surface area contributed by atoms with Crippen molar-refractivity contribution in [1.82, 2.24) is 10.6 Å². The molecule has 8 nitrogen and oxygen atoms in total. The van der Waals surface area contributed by atoms with Crippen LogP contribution in [0.4, 0.5) is 0 Å². The highest BCUT2D eigenvalue weighted by molar-refractivity contribution is 5.98. The van der Waals surface area contributed by atoms with Crippen molar-refractivity contribution < 1.29 is 14.3 Å². The highest BCUT2D eigenvalue weighted by atomic mass is 16.5. The van der Waals surface area contributed by atoms with Crippen LogP contribution in [0.3, 0.4) is 0 Å². The van der Waals surface area contributed by atoms with Crippen LogP contribution in [0.2, 0.25) is 0 Å². The van der Waals surface area contributed by atoms with Crippen LogP contribution < -0.4 is 31.6 Å². The molecule has 43 heavy (non-hydrogen) atoms. The number of para-hydroxylation sites is 1. The number of benzene rings is 2. The summed E-state index contributed by atoms with van der Waals surface area (Å²) < 4.78 is 12.5. The number of guanidine groups is 1. The Bertz CT molecular complexity index is 1310. The van der Waals surface area contributed by atoms with Crippen molar-refractivity contribution in [3.63, 3.8) is 0 Å². The van der Waals surface area contributed by atoms with Crippen molar-refractivity contribution in [1.29, 1.82) is 0 Å². The third kappa shape index (κ3) is 8.99. The maximum atomic E-state index is 11.0. The Morgan fingerprint density at radius 2 is 1.88 bits per heavy atom. The lowest BCUT2D eigenvalue weighted by atomic mass is 9.89. The summed E-state index contributed by atoms with van der Waals surface area (Å²) in [6, 6.07) is 15.0. The highest BCUT2D eigenvalue weighted by Crippen LogP contribution is 2.40. The van der Waals surface area contributed by atoms with Gasteiger partial charge in [-0.25, -0.2) is 4.99 Å². The lowest BCUT2D eigenvalue weighted by Crippen LogP contribution is -2.47. The van der Waals surface area contributed by atoms with Gasteiger partial charge < -0.3 is 26.3 Å². The van der Waals surface area contributed by atoms with Gasteiger partial charge in [-0.05, 0) is 101 Å². The number of ether oxygens (including phenoxy) is 2. The van der Waals surface area contributed by atoms with E-state index in [9.17, 15) is 4.79 Å². The molecule has 3 heterocycles. The molecule has 0 aromatic heterocycles. The van der Waals surface area contributed by atoms with Crippen molar-refractivity contribution in [3.8, 4) is 11.5 Å². The van der Waals surface area contributed by atoms with Gasteiger partial charge in [-0.2, -0.15) is 0 Å². The SMILES string of the molecule is C=C(NC1CC(C)(C)Oc2ccccc21)c1ccc2c(c1)CCC(CCCCCCN)O2.CCC1(C)CC(=O)NC(N)=N1. The van der Waals surface area contributed by atoms with E-state index in [0.29, 0.717) is 12.5 Å². The average molecular weight is 590 g/mol. The van der Waals surface area contributed by atoms with E-state index in [2.05, 4.69) is 72.5 Å². The summed E-state index contributed by atoms with van der Waals surface area (Å²) in [5.41, 5.74) is 15.1. The minimum Gasteiger partial charge on any atom is -0.490 e. The van der Waals surface area contributed by atoms with E-state index in [1.165, 1.54) is 30.4 Å². The fourth-order valence-electron chi connectivity index (χ4n) is 6.03. The Balaban J connectivity index is 0.000000324. The molecule has 0 saturated heterocycles. The quantitative estimate of drug-likeness (QED) is 0.247. The Morgan fingerprint density at radius 3 is 2.63 bits per heavy atom. The smallest absolute Gasteiger partial charge is 0.229 e. The number of aliphatic imine (C=N–C) groups is 1. The van der Waals surface area contributed by atoms with Gasteiger partial charge in [-0.15, -0.1) is 0 Å². The molecule has 234 valence electrons. The zero-order valence-corrected chi connectivity index (χ0v) is 26.5. The first-order valence-corrected chi connectivity index (χ1v) is 15.9. The van der Waals surface area contributed by atoms with Crippen LogP contribution in [-0.2, 0) is 11.2 Å². The fourth-order valence-corrected chi connectivity index (χ4v) is 6.03. The molecular formula is C35H51N5O3. The number of amides is 1. The zero-order chi connectivity index (χ0) is 31.0. The molecule has 5 rings (SSSR count). The maximum Gasteiger partial charge on any atom is 0.229 e. The number of carbonyl (C=O) groups excluding carboxylic acids is 1. The van der Waals surface area contributed by atoms with Gasteiger partial charge in [-0.1, -0.05) is 44.5 Å². The number of aryl methyl sites for hydroxylation is 1. The summed E-state index contributed by atoms with van der Waals surface area (Å²) in [5.74, 6) is 2.20. The molecule has 2 aromatic carbocycles. The van der Waals surface area contributed by atoms with Gasteiger partial charge >= 0.3 is 0 Å². The van der Waals surface area contributed by atoms with Crippen LogP contribution in [-0.4, -0.2) is 35.7 Å². The molecule has 0 aliphatic carbocycles. The second-order valence-electron chi connectivity index (χ2n) is 12.9. The molecule has 0 saturated carbocycles. The normalized spacial score (nSPS) is 23.6. The Hall–Kier alpha value is -3.52. The van der Waals surface area contributed by atoms with Gasteiger partial charge in [0.15, 0.2) is 5.96 Å². The third-order valence-electron chi connectivity index (χ3n) is 8.60. The van der Waals surface area contributed by atoms with E-state index < -0.39 is 0 Å². The molecule has 0 radical (unpaired) electrons. The Kier molecular flexibility index (Phi) is 10.8. The number of carbonyl (C=O) groups is 1. The van der Waals surface area contributed by atoms with Crippen molar-refractivity contribution in [3.05, 3.63) is 65.7 Å². The number of unbranched alkanes of at least 4 members (excludes halogenated alkanes) is 3. The zero-order valence-electron chi connectivity index (χ0n) is 26.5. The number of nitrogens with zero attached hydrogens (tertiary/aromatic N) is 1. The number of nitrogens with two attached hydrogens (primary N) is 2. The van der Waals surface area contributed by atoms with Crippen LogP contribution in [0.5, 0.6) is 11.5 Å². The summed E-state index contributed by atoms with van der Waals surface area (Å²) in [7, 11) is 0. The van der Waals surface area contributed by atoms with Gasteiger partial charge in [0.05, 0.1) is 24.1 Å². The highest BCUT2D eigenvalue weighted by Gasteiger charge is 2.34. The number of nitrogens with one attached hydrogen (secondary N) is 2. The first-order valence-electron chi connectivity index (χ1n) is 15.9. The molecule has 3 unspecified atom stereocenters. The second-order valence-corrected chi connectivity index (χ2v) is 12.9. The molecular weight excluding hydrogens is 538 g/mol. The summed E-state index contributed by atoms with van der Waals surface area (Å²) in [6.45, 7) is 13.4. The monoisotopic (exact) mass is 589 g/mol. The Morgan fingerprint density at radius 1 is 1.12 bits per heavy atom. The van der Waals surface area contributed by atoms with Crippen molar-refractivity contribution >= 4 is 17.6 Å². The second kappa shape index (κ2) is 14.3. The molecule has 1 amide bonds.